The lowest BCUT2D eigenvalue weighted by molar-refractivity contribution is 0.463. The highest BCUT2D eigenvalue weighted by atomic mass is 32.2. The molecule has 0 amide bonds. The van der Waals surface area contributed by atoms with Crippen molar-refractivity contribution in [3.63, 3.8) is 0 Å². The van der Waals surface area contributed by atoms with Gasteiger partial charge in [0.1, 0.15) is 10.1 Å². The van der Waals surface area contributed by atoms with Crippen LogP contribution >= 0.6 is 0 Å². The topological polar surface area (TPSA) is 93.7 Å². The fraction of sp³-hybridized carbons (Fsp3) is 0. The van der Waals surface area contributed by atoms with Crippen molar-refractivity contribution in [2.45, 2.75) is 4.90 Å². The zero-order chi connectivity index (χ0) is 10.2. The van der Waals surface area contributed by atoms with Crippen molar-refractivity contribution < 1.29 is 13.0 Å². The third kappa shape index (κ3) is 2.33. The van der Waals surface area contributed by atoms with Gasteiger partial charge in [-0.25, -0.2) is 8.42 Å². The minimum atomic E-state index is -4.34. The molecule has 0 unspecified atom stereocenters. The second kappa shape index (κ2) is 3.98. The summed E-state index contributed by atoms with van der Waals surface area (Å²) in [4.78, 5) is -0.184. The van der Waals surface area contributed by atoms with Crippen molar-refractivity contribution in [3.05, 3.63) is 42.5 Å². The van der Waals surface area contributed by atoms with Crippen molar-refractivity contribution in [1.82, 2.24) is 6.15 Å². The summed E-state index contributed by atoms with van der Waals surface area (Å²) in [6.45, 7) is 0. The molecule has 2 rings (SSSR count). The van der Waals surface area contributed by atoms with Crippen molar-refractivity contribution in [1.29, 1.82) is 0 Å². The molecule has 5 heteroatoms. The van der Waals surface area contributed by atoms with Gasteiger partial charge in [0.2, 0.25) is 0 Å². The maximum atomic E-state index is 10.7. The molecule has 15 heavy (non-hydrogen) atoms. The summed E-state index contributed by atoms with van der Waals surface area (Å²) in [7, 11) is -4.34. The molecule has 0 saturated carbocycles. The van der Waals surface area contributed by atoms with Crippen LogP contribution in [0.2, 0.25) is 0 Å². The van der Waals surface area contributed by atoms with Gasteiger partial charge in [-0.15, -0.1) is 0 Å². The van der Waals surface area contributed by atoms with Gasteiger partial charge in [-0.05, 0) is 22.9 Å². The maximum Gasteiger partial charge on any atom is 0.124 e. The Morgan fingerprint density at radius 3 is 2.13 bits per heavy atom. The quantitative estimate of drug-likeness (QED) is 0.753. The van der Waals surface area contributed by atoms with Gasteiger partial charge in [-0.1, -0.05) is 30.3 Å². The maximum absolute atomic E-state index is 10.7. The van der Waals surface area contributed by atoms with Crippen LogP contribution < -0.4 is 6.15 Å². The van der Waals surface area contributed by atoms with E-state index in [0.29, 0.717) is 0 Å². The van der Waals surface area contributed by atoms with Crippen molar-refractivity contribution >= 4 is 20.9 Å². The van der Waals surface area contributed by atoms with Crippen molar-refractivity contribution in [2.75, 3.05) is 0 Å². The van der Waals surface area contributed by atoms with Gasteiger partial charge in [-0.2, -0.15) is 0 Å². The normalized spacial score (nSPS) is 11.0. The summed E-state index contributed by atoms with van der Waals surface area (Å²) in [5.74, 6) is 0. The number of hydrogen-bond acceptors (Lipinski definition) is 3. The molecule has 0 aliphatic heterocycles. The molecule has 0 aliphatic rings. The zero-order valence-electron chi connectivity index (χ0n) is 8.17. The molecule has 0 spiro atoms. The first-order valence-corrected chi connectivity index (χ1v) is 5.43. The zero-order valence-corrected chi connectivity index (χ0v) is 8.99. The standard InChI is InChI=1S/C10H8O3S.H3N/c11-14(12,13)10-6-5-8-3-1-2-4-9(8)7-10;/h1-7H,(H,11,12,13);1H3. The van der Waals surface area contributed by atoms with E-state index in [1.165, 1.54) is 12.1 Å². The Kier molecular flexibility index (Phi) is 3.09. The van der Waals surface area contributed by atoms with Crippen LogP contribution in [0, 0.1) is 0 Å². The van der Waals surface area contributed by atoms with E-state index in [0.717, 1.165) is 10.8 Å². The van der Waals surface area contributed by atoms with Gasteiger partial charge in [0.25, 0.3) is 0 Å². The average Bonchev–Trinajstić information content (AvgIpc) is 2.16. The molecule has 4 N–H and O–H groups in total. The van der Waals surface area contributed by atoms with Gasteiger partial charge < -0.3 is 10.7 Å². The van der Waals surface area contributed by atoms with Crippen molar-refractivity contribution in [3.8, 4) is 0 Å². The molecule has 0 radical (unpaired) electrons. The second-order valence-corrected chi connectivity index (χ2v) is 4.34. The van der Waals surface area contributed by atoms with E-state index >= 15 is 0 Å². The largest absolute Gasteiger partial charge is 0.744 e. The molecule has 80 valence electrons. The van der Waals surface area contributed by atoms with Crippen molar-refractivity contribution in [2.24, 2.45) is 0 Å². The van der Waals surface area contributed by atoms with E-state index < -0.39 is 10.1 Å². The lowest BCUT2D eigenvalue weighted by Gasteiger charge is -2.07. The molecule has 2 aromatic carbocycles. The van der Waals surface area contributed by atoms with E-state index in [1.807, 2.05) is 12.1 Å². The first-order chi connectivity index (χ1) is 6.57. The number of quaternary nitrogens is 1. The van der Waals surface area contributed by atoms with E-state index in [2.05, 4.69) is 0 Å². The molecule has 0 heterocycles. The Bertz CT molecular complexity index is 578. The number of hydrogen-bond donors (Lipinski definition) is 1. The molecule has 0 bridgehead atoms. The van der Waals surface area contributed by atoms with Gasteiger partial charge >= 0.3 is 0 Å². The Morgan fingerprint density at radius 2 is 1.53 bits per heavy atom. The third-order valence-corrected chi connectivity index (χ3v) is 2.84. The smallest absolute Gasteiger partial charge is 0.124 e. The molecule has 0 aromatic heterocycles. The summed E-state index contributed by atoms with van der Waals surface area (Å²) < 4.78 is 32.2. The summed E-state index contributed by atoms with van der Waals surface area (Å²) in [6, 6.07) is 11.6. The summed E-state index contributed by atoms with van der Waals surface area (Å²) >= 11 is 0. The SMILES string of the molecule is O=S(=O)([O-])c1ccc2ccccc2c1.[NH4+]. The Labute approximate surface area is 87.9 Å². The number of rotatable bonds is 1. The molecule has 4 nitrogen and oxygen atoms in total. The van der Waals surface area contributed by atoms with E-state index in [-0.39, 0.29) is 11.0 Å². The van der Waals surface area contributed by atoms with E-state index in [4.69, 9.17) is 0 Å². The molecule has 0 fully saturated rings. The highest BCUT2D eigenvalue weighted by Gasteiger charge is 2.01. The molecule has 0 aliphatic carbocycles. The van der Waals surface area contributed by atoms with Crippen LogP contribution in [0.4, 0.5) is 0 Å². The number of benzene rings is 2. The number of fused-ring (bicyclic) bond motifs is 1. The summed E-state index contributed by atoms with van der Waals surface area (Å²) in [5, 5.41) is 1.67. The Morgan fingerprint density at radius 1 is 0.933 bits per heavy atom. The van der Waals surface area contributed by atoms with Crippen LogP contribution in [-0.4, -0.2) is 13.0 Å². The van der Waals surface area contributed by atoms with Gasteiger partial charge in [0.15, 0.2) is 0 Å². The van der Waals surface area contributed by atoms with Crippen LogP contribution in [0.15, 0.2) is 47.4 Å². The van der Waals surface area contributed by atoms with Crippen LogP contribution in [-0.2, 0) is 10.1 Å². The summed E-state index contributed by atoms with van der Waals surface area (Å²) in [5.41, 5.74) is 0. The molecular formula is C10H11NO3S. The highest BCUT2D eigenvalue weighted by Crippen LogP contribution is 2.18. The Balaban J connectivity index is 0.00000112. The first kappa shape index (κ1) is 11.6. The van der Waals surface area contributed by atoms with E-state index in [9.17, 15) is 13.0 Å². The van der Waals surface area contributed by atoms with Gasteiger partial charge in [0.05, 0.1) is 4.90 Å². The highest BCUT2D eigenvalue weighted by molar-refractivity contribution is 7.85. The van der Waals surface area contributed by atoms with Gasteiger partial charge in [-0.3, -0.25) is 0 Å². The van der Waals surface area contributed by atoms with Gasteiger partial charge in [0, 0.05) is 0 Å². The van der Waals surface area contributed by atoms with Crippen LogP contribution in [0.1, 0.15) is 0 Å². The van der Waals surface area contributed by atoms with E-state index in [1.54, 1.807) is 18.2 Å². The molecule has 0 saturated heterocycles. The lowest BCUT2D eigenvalue weighted by atomic mass is 10.1. The minimum absolute atomic E-state index is 0. The lowest BCUT2D eigenvalue weighted by Crippen LogP contribution is -1.97. The third-order valence-electron chi connectivity index (χ3n) is 2.01. The Hall–Kier alpha value is -1.43. The van der Waals surface area contributed by atoms with Crippen LogP contribution in [0.5, 0.6) is 0 Å². The monoisotopic (exact) mass is 225 g/mol. The molecular weight excluding hydrogens is 214 g/mol. The predicted octanol–water partition coefficient (Wildman–Crippen LogP) is 2.12. The average molecular weight is 225 g/mol. The predicted molar refractivity (Wildman–Crippen MR) is 57.9 cm³/mol. The van der Waals surface area contributed by atoms with Crippen LogP contribution in [0.25, 0.3) is 10.8 Å². The summed E-state index contributed by atoms with van der Waals surface area (Å²) in [6.07, 6.45) is 0. The molecule has 2 aromatic rings. The first-order valence-electron chi connectivity index (χ1n) is 4.02. The minimum Gasteiger partial charge on any atom is -0.744 e. The second-order valence-electron chi connectivity index (χ2n) is 2.96. The molecule has 0 atom stereocenters. The fourth-order valence-electron chi connectivity index (χ4n) is 1.32. The van der Waals surface area contributed by atoms with Crippen LogP contribution in [0.3, 0.4) is 0 Å². The fourth-order valence-corrected chi connectivity index (χ4v) is 1.83.